The molecule has 1 amide bonds. The lowest BCUT2D eigenvalue weighted by atomic mass is 10.1. The highest BCUT2D eigenvalue weighted by molar-refractivity contribution is 9.10. The largest absolute Gasteiger partial charge is 0.417 e. The third-order valence-corrected chi connectivity index (χ3v) is 4.69. The van der Waals surface area contributed by atoms with Crippen LogP contribution in [0, 0.1) is 5.92 Å². The number of amides is 1. The Bertz CT molecular complexity index is 515. The highest BCUT2D eigenvalue weighted by Gasteiger charge is 2.36. The molecule has 2 nitrogen and oxygen atoms in total. The van der Waals surface area contributed by atoms with Gasteiger partial charge in [0.15, 0.2) is 0 Å². The van der Waals surface area contributed by atoms with E-state index in [0.717, 1.165) is 18.9 Å². The Kier molecular flexibility index (Phi) is 4.79. The Morgan fingerprint density at radius 3 is 2.60 bits per heavy atom. The highest BCUT2D eigenvalue weighted by Crippen LogP contribution is 2.36. The van der Waals surface area contributed by atoms with Gasteiger partial charge in [0.1, 0.15) is 0 Å². The van der Waals surface area contributed by atoms with Crippen molar-refractivity contribution in [2.24, 2.45) is 5.92 Å². The zero-order chi connectivity index (χ0) is 14.9. The molecule has 1 aliphatic rings. The fourth-order valence-electron chi connectivity index (χ4n) is 1.86. The van der Waals surface area contributed by atoms with E-state index in [4.69, 9.17) is 0 Å². The van der Waals surface area contributed by atoms with Crippen LogP contribution in [0.25, 0.3) is 0 Å². The number of hydrogen-bond acceptors (Lipinski definition) is 1. The van der Waals surface area contributed by atoms with Gasteiger partial charge in [-0.15, -0.1) is 0 Å². The van der Waals surface area contributed by atoms with Crippen LogP contribution in [-0.2, 0) is 6.18 Å². The van der Waals surface area contributed by atoms with E-state index in [9.17, 15) is 18.0 Å². The van der Waals surface area contributed by atoms with E-state index in [1.54, 1.807) is 0 Å². The first-order chi connectivity index (χ1) is 9.29. The summed E-state index contributed by atoms with van der Waals surface area (Å²) in [6.07, 6.45) is -2.36. The van der Waals surface area contributed by atoms with Crippen molar-refractivity contribution < 1.29 is 18.0 Å². The maximum atomic E-state index is 12.9. The van der Waals surface area contributed by atoms with Gasteiger partial charge in [-0.2, -0.15) is 13.2 Å². The van der Waals surface area contributed by atoms with Crippen molar-refractivity contribution in [2.75, 3.05) is 6.54 Å². The van der Waals surface area contributed by atoms with Crippen molar-refractivity contribution in [3.8, 4) is 0 Å². The average Bonchev–Trinajstić information content (AvgIpc) is 3.18. The molecule has 1 aliphatic carbocycles. The standard InChI is InChI=1S/C13H12Br2F3NO/c14-8-3-4-9(10(5-8)13(16,17)18)12(20)19-6-11(15)7-1-2-7/h3-5,7,11H,1-2,6H2,(H,19,20). The highest BCUT2D eigenvalue weighted by atomic mass is 79.9. The zero-order valence-electron chi connectivity index (χ0n) is 10.3. The summed E-state index contributed by atoms with van der Waals surface area (Å²) in [5, 5.41) is 2.55. The Labute approximate surface area is 131 Å². The van der Waals surface area contributed by atoms with E-state index in [-0.39, 0.29) is 14.9 Å². The summed E-state index contributed by atoms with van der Waals surface area (Å²) in [6.45, 7) is 0.330. The van der Waals surface area contributed by atoms with Crippen LogP contribution in [0.2, 0.25) is 0 Å². The molecule has 20 heavy (non-hydrogen) atoms. The van der Waals surface area contributed by atoms with Crippen LogP contribution < -0.4 is 5.32 Å². The molecule has 1 unspecified atom stereocenters. The molecule has 1 N–H and O–H groups in total. The van der Waals surface area contributed by atoms with Crippen LogP contribution in [0.4, 0.5) is 13.2 Å². The van der Waals surface area contributed by atoms with Gasteiger partial charge in [-0.1, -0.05) is 31.9 Å². The summed E-state index contributed by atoms with van der Waals surface area (Å²) in [5.41, 5.74) is -1.28. The summed E-state index contributed by atoms with van der Waals surface area (Å²) in [6, 6.07) is 3.53. The lowest BCUT2D eigenvalue weighted by Gasteiger charge is -2.14. The molecule has 0 radical (unpaired) electrons. The van der Waals surface area contributed by atoms with E-state index in [2.05, 4.69) is 37.2 Å². The van der Waals surface area contributed by atoms with Gasteiger partial charge in [-0.3, -0.25) is 4.79 Å². The van der Waals surface area contributed by atoms with Gasteiger partial charge < -0.3 is 5.32 Å². The van der Waals surface area contributed by atoms with Crippen molar-refractivity contribution in [2.45, 2.75) is 23.8 Å². The molecule has 0 heterocycles. The predicted molar refractivity (Wildman–Crippen MR) is 76.9 cm³/mol. The third kappa shape index (κ3) is 3.97. The molecular weight excluding hydrogens is 403 g/mol. The van der Waals surface area contributed by atoms with Crippen LogP contribution in [0.1, 0.15) is 28.8 Å². The summed E-state index contributed by atoms with van der Waals surface area (Å²) in [7, 11) is 0. The van der Waals surface area contributed by atoms with E-state index in [1.165, 1.54) is 12.1 Å². The zero-order valence-corrected chi connectivity index (χ0v) is 13.5. The second-order valence-electron chi connectivity index (χ2n) is 4.75. The number of rotatable bonds is 4. The molecule has 0 aromatic heterocycles. The molecule has 0 saturated heterocycles. The number of carbonyl (C=O) groups excluding carboxylic acids is 1. The molecule has 7 heteroatoms. The van der Waals surface area contributed by atoms with Gasteiger partial charge >= 0.3 is 6.18 Å². The van der Waals surface area contributed by atoms with Gasteiger partial charge in [0, 0.05) is 15.8 Å². The quantitative estimate of drug-likeness (QED) is 0.728. The number of halogens is 5. The molecule has 110 valence electrons. The van der Waals surface area contributed by atoms with Crippen molar-refractivity contribution >= 4 is 37.8 Å². The fraction of sp³-hybridized carbons (Fsp3) is 0.462. The van der Waals surface area contributed by atoms with E-state index in [1.807, 2.05) is 0 Å². The van der Waals surface area contributed by atoms with Crippen molar-refractivity contribution in [3.05, 3.63) is 33.8 Å². The minimum Gasteiger partial charge on any atom is -0.351 e. The second-order valence-corrected chi connectivity index (χ2v) is 6.84. The van der Waals surface area contributed by atoms with E-state index < -0.39 is 17.6 Å². The molecular formula is C13H12Br2F3NO. The number of carbonyl (C=O) groups is 1. The van der Waals surface area contributed by atoms with E-state index in [0.29, 0.717) is 12.5 Å². The summed E-state index contributed by atoms with van der Waals surface area (Å²) < 4.78 is 39.0. The van der Waals surface area contributed by atoms with Crippen molar-refractivity contribution in [1.82, 2.24) is 5.32 Å². The summed E-state index contributed by atoms with van der Waals surface area (Å²) in [4.78, 5) is 12.0. The smallest absolute Gasteiger partial charge is 0.351 e. The molecule has 2 rings (SSSR count). The number of benzene rings is 1. The maximum Gasteiger partial charge on any atom is 0.417 e. The average molecular weight is 415 g/mol. The molecule has 1 aromatic carbocycles. The Morgan fingerprint density at radius 2 is 2.05 bits per heavy atom. The molecule has 1 fully saturated rings. The minimum atomic E-state index is -4.55. The van der Waals surface area contributed by atoms with Crippen molar-refractivity contribution in [1.29, 1.82) is 0 Å². The molecule has 1 aromatic rings. The fourth-order valence-corrected chi connectivity index (χ4v) is 2.91. The SMILES string of the molecule is O=C(NCC(Br)C1CC1)c1ccc(Br)cc1C(F)(F)F. The van der Waals surface area contributed by atoms with Gasteiger partial charge in [-0.25, -0.2) is 0 Å². The molecule has 0 bridgehead atoms. The monoisotopic (exact) mass is 413 g/mol. The van der Waals surface area contributed by atoms with Crippen LogP contribution in [-0.4, -0.2) is 17.3 Å². The molecule has 0 spiro atoms. The first kappa shape index (κ1) is 15.8. The Hall–Kier alpha value is -0.560. The Balaban J connectivity index is 2.12. The van der Waals surface area contributed by atoms with E-state index >= 15 is 0 Å². The lowest BCUT2D eigenvalue weighted by molar-refractivity contribution is -0.138. The summed E-state index contributed by atoms with van der Waals surface area (Å²) in [5.74, 6) is -0.183. The van der Waals surface area contributed by atoms with Gasteiger partial charge in [-0.05, 0) is 37.0 Å². The normalized spacial score (nSPS) is 16.9. The van der Waals surface area contributed by atoms with Crippen LogP contribution in [0.3, 0.4) is 0 Å². The van der Waals surface area contributed by atoms with Crippen LogP contribution in [0.15, 0.2) is 22.7 Å². The topological polar surface area (TPSA) is 29.1 Å². The predicted octanol–water partition coefficient (Wildman–Crippen LogP) is 4.37. The van der Waals surface area contributed by atoms with Gasteiger partial charge in [0.25, 0.3) is 5.91 Å². The first-order valence-corrected chi connectivity index (χ1v) is 7.79. The third-order valence-electron chi connectivity index (χ3n) is 3.12. The van der Waals surface area contributed by atoms with Crippen LogP contribution in [0.5, 0.6) is 0 Å². The molecule has 0 aliphatic heterocycles. The van der Waals surface area contributed by atoms with Gasteiger partial charge in [0.2, 0.25) is 0 Å². The second kappa shape index (κ2) is 6.05. The number of alkyl halides is 4. The van der Waals surface area contributed by atoms with Gasteiger partial charge in [0.05, 0.1) is 11.1 Å². The summed E-state index contributed by atoms with van der Waals surface area (Å²) >= 11 is 6.42. The van der Waals surface area contributed by atoms with Crippen molar-refractivity contribution in [3.63, 3.8) is 0 Å². The molecule has 1 saturated carbocycles. The Morgan fingerprint density at radius 1 is 1.40 bits per heavy atom. The number of nitrogens with one attached hydrogen (secondary N) is 1. The minimum absolute atomic E-state index is 0.122. The lowest BCUT2D eigenvalue weighted by Crippen LogP contribution is -2.31. The first-order valence-electron chi connectivity index (χ1n) is 6.08. The number of hydrogen-bond donors (Lipinski definition) is 1. The maximum absolute atomic E-state index is 12.9. The molecule has 1 atom stereocenters. The van der Waals surface area contributed by atoms with Crippen LogP contribution >= 0.6 is 31.9 Å².